The molecule has 0 bridgehead atoms. The van der Waals surface area contributed by atoms with Gasteiger partial charge in [-0.15, -0.1) is 0 Å². The van der Waals surface area contributed by atoms with Gasteiger partial charge < -0.3 is 14.5 Å². The fraction of sp³-hybridized carbons (Fsp3) is 0.263. The summed E-state index contributed by atoms with van der Waals surface area (Å²) in [6, 6.07) is 3.46. The number of nitrogens with one attached hydrogen (secondary N) is 1. The van der Waals surface area contributed by atoms with Crippen LogP contribution in [0.1, 0.15) is 23.2 Å². The minimum atomic E-state index is -4.46. The second kappa shape index (κ2) is 6.00. The van der Waals surface area contributed by atoms with Gasteiger partial charge >= 0.3 is 6.18 Å². The lowest BCUT2D eigenvalue weighted by molar-refractivity contribution is -0.137. The van der Waals surface area contributed by atoms with E-state index in [1.165, 1.54) is 20.3 Å². The monoisotopic (exact) mass is 376 g/mol. The first-order valence-electron chi connectivity index (χ1n) is 8.19. The minimum absolute atomic E-state index is 0.0173. The lowest BCUT2D eigenvalue weighted by Gasteiger charge is -2.16. The van der Waals surface area contributed by atoms with Gasteiger partial charge in [-0.25, -0.2) is 4.99 Å². The van der Waals surface area contributed by atoms with Crippen LogP contribution < -0.4 is 0 Å². The molecule has 5 nitrogen and oxygen atoms in total. The van der Waals surface area contributed by atoms with Crippen LogP contribution in [0.4, 0.5) is 13.2 Å². The molecule has 0 spiro atoms. The van der Waals surface area contributed by atoms with Crippen molar-refractivity contribution in [2.75, 3.05) is 14.2 Å². The number of fused-ring (bicyclic) bond motifs is 4. The number of rotatable bonds is 1. The van der Waals surface area contributed by atoms with Crippen LogP contribution in [-0.4, -0.2) is 30.9 Å². The summed E-state index contributed by atoms with van der Waals surface area (Å²) in [5.74, 6) is 0.429. The van der Waals surface area contributed by atoms with E-state index in [1.807, 2.05) is 0 Å². The molecular weight excluding hydrogens is 361 g/mol. The summed E-state index contributed by atoms with van der Waals surface area (Å²) in [6.45, 7) is 0. The van der Waals surface area contributed by atoms with Gasteiger partial charge in [-0.3, -0.25) is 4.79 Å². The van der Waals surface area contributed by atoms with E-state index in [4.69, 9.17) is 9.47 Å². The minimum Gasteiger partial charge on any atom is -0.491 e. The van der Waals surface area contributed by atoms with E-state index < -0.39 is 11.7 Å². The van der Waals surface area contributed by atoms with Gasteiger partial charge in [0.05, 0.1) is 31.2 Å². The Hall–Kier alpha value is -3.03. The number of benzene rings is 1. The number of ether oxygens (including phenoxy) is 2. The number of ketones is 1. The Bertz CT molecular complexity index is 1060. The molecule has 1 aliphatic carbocycles. The van der Waals surface area contributed by atoms with Crippen LogP contribution in [0.15, 0.2) is 40.6 Å². The maximum atomic E-state index is 13.1. The van der Waals surface area contributed by atoms with E-state index in [-0.39, 0.29) is 18.1 Å². The van der Waals surface area contributed by atoms with Crippen molar-refractivity contribution >= 4 is 28.3 Å². The Morgan fingerprint density at radius 1 is 1.19 bits per heavy atom. The zero-order valence-electron chi connectivity index (χ0n) is 14.5. The van der Waals surface area contributed by atoms with Gasteiger partial charge in [-0.2, -0.15) is 13.2 Å². The zero-order chi connectivity index (χ0) is 19.3. The Morgan fingerprint density at radius 3 is 2.63 bits per heavy atom. The van der Waals surface area contributed by atoms with Crippen molar-refractivity contribution in [3.05, 3.63) is 52.4 Å². The molecule has 0 fully saturated rings. The molecule has 0 amide bonds. The zero-order valence-corrected chi connectivity index (χ0v) is 14.5. The highest BCUT2D eigenvalue weighted by Gasteiger charge is 2.34. The number of aromatic amines is 1. The van der Waals surface area contributed by atoms with Crippen LogP contribution >= 0.6 is 0 Å². The van der Waals surface area contributed by atoms with E-state index in [9.17, 15) is 18.0 Å². The Labute approximate surface area is 152 Å². The predicted molar refractivity (Wildman–Crippen MR) is 93.1 cm³/mol. The molecule has 0 atom stereocenters. The van der Waals surface area contributed by atoms with Gasteiger partial charge in [-0.05, 0) is 29.8 Å². The van der Waals surface area contributed by atoms with Crippen molar-refractivity contribution in [1.29, 1.82) is 0 Å². The van der Waals surface area contributed by atoms with E-state index >= 15 is 0 Å². The molecule has 1 aliphatic heterocycles. The topological polar surface area (TPSA) is 63.7 Å². The van der Waals surface area contributed by atoms with Gasteiger partial charge in [-0.1, -0.05) is 0 Å². The highest BCUT2D eigenvalue weighted by atomic mass is 19.4. The smallest absolute Gasteiger partial charge is 0.416 e. The molecule has 0 unspecified atom stereocenters. The number of hydrogen-bond donors (Lipinski definition) is 1. The van der Waals surface area contributed by atoms with Crippen LogP contribution in [0.2, 0.25) is 0 Å². The van der Waals surface area contributed by atoms with Crippen molar-refractivity contribution in [3.8, 4) is 0 Å². The number of carbonyl (C=O) groups excluding carboxylic acids is 1. The number of carbonyl (C=O) groups is 1. The first kappa shape index (κ1) is 17.4. The number of halogens is 3. The summed E-state index contributed by atoms with van der Waals surface area (Å²) in [5, 5.41) is 0.373. The number of alkyl halides is 3. The molecule has 0 saturated heterocycles. The van der Waals surface area contributed by atoms with Crippen LogP contribution in [0, 0.1) is 0 Å². The maximum Gasteiger partial charge on any atom is 0.416 e. The molecule has 4 rings (SSSR count). The molecular formula is C19H15F3N2O3. The standard InChI is InChI=1S/C19H15F3N2O3/c1-26-15-6-4-10-14(25)8-12-11-7-9(19(20,21)22)3-5-13(11)23-17(12)16(10)24-18(15)27-2/h3,5-7,23H,4,8H2,1-2H3. The molecule has 2 aromatic rings. The lowest BCUT2D eigenvalue weighted by atomic mass is 9.90. The highest BCUT2D eigenvalue weighted by molar-refractivity contribution is 6.12. The van der Waals surface area contributed by atoms with Crippen LogP contribution in [-0.2, 0) is 26.9 Å². The van der Waals surface area contributed by atoms with Gasteiger partial charge in [0, 0.05) is 29.3 Å². The second-order valence-electron chi connectivity index (χ2n) is 6.26. The van der Waals surface area contributed by atoms with Crippen molar-refractivity contribution in [2.45, 2.75) is 19.0 Å². The van der Waals surface area contributed by atoms with Gasteiger partial charge in [0.15, 0.2) is 11.5 Å². The van der Waals surface area contributed by atoms with Crippen molar-refractivity contribution < 1.29 is 27.4 Å². The average molecular weight is 376 g/mol. The van der Waals surface area contributed by atoms with Crippen molar-refractivity contribution in [2.24, 2.45) is 4.99 Å². The third-order valence-electron chi connectivity index (χ3n) is 4.76. The number of aromatic nitrogens is 1. The molecule has 1 aromatic heterocycles. The van der Waals surface area contributed by atoms with Crippen LogP contribution in [0.25, 0.3) is 16.6 Å². The summed E-state index contributed by atoms with van der Waals surface area (Å²) in [5.41, 5.74) is 1.68. The summed E-state index contributed by atoms with van der Waals surface area (Å²) >= 11 is 0. The van der Waals surface area contributed by atoms with Crippen LogP contribution in [0.5, 0.6) is 0 Å². The van der Waals surface area contributed by atoms with Gasteiger partial charge in [0.1, 0.15) is 0 Å². The Morgan fingerprint density at radius 2 is 1.96 bits per heavy atom. The van der Waals surface area contributed by atoms with Gasteiger partial charge in [0.25, 0.3) is 5.90 Å². The quantitative estimate of drug-likeness (QED) is 0.818. The first-order valence-corrected chi connectivity index (χ1v) is 8.19. The highest BCUT2D eigenvalue weighted by Crippen LogP contribution is 2.40. The van der Waals surface area contributed by atoms with E-state index in [0.717, 1.165) is 12.1 Å². The van der Waals surface area contributed by atoms with Gasteiger partial charge in [0.2, 0.25) is 0 Å². The maximum absolute atomic E-state index is 13.1. The summed E-state index contributed by atoms with van der Waals surface area (Å²) in [4.78, 5) is 20.2. The normalized spacial score (nSPS) is 17.1. The van der Waals surface area contributed by atoms with Crippen molar-refractivity contribution in [1.82, 2.24) is 4.98 Å². The number of Topliss-reactive ketones (excluding diaryl/α,β-unsaturated/α-hetero) is 1. The molecule has 0 radical (unpaired) electrons. The Kier molecular flexibility index (Phi) is 3.87. The molecule has 1 N–H and O–H groups in total. The SMILES string of the molecule is COC1=CCC2=C(N=C1OC)c1[nH]c3ccc(C(F)(F)F)cc3c1CC2=O. The van der Waals surface area contributed by atoms with E-state index in [1.54, 1.807) is 6.08 Å². The largest absolute Gasteiger partial charge is 0.491 e. The Balaban J connectivity index is 1.94. The molecule has 140 valence electrons. The summed E-state index contributed by atoms with van der Waals surface area (Å²) in [6.07, 6.45) is -2.43. The fourth-order valence-corrected chi connectivity index (χ4v) is 3.45. The summed E-state index contributed by atoms with van der Waals surface area (Å²) in [7, 11) is 2.91. The predicted octanol–water partition coefficient (Wildman–Crippen LogP) is 4.00. The second-order valence-corrected chi connectivity index (χ2v) is 6.26. The summed E-state index contributed by atoms with van der Waals surface area (Å²) < 4.78 is 49.8. The molecule has 27 heavy (non-hydrogen) atoms. The number of allylic oxidation sites excluding steroid dienone is 2. The molecule has 1 aromatic carbocycles. The number of hydrogen-bond acceptors (Lipinski definition) is 4. The fourth-order valence-electron chi connectivity index (χ4n) is 3.45. The number of nitrogens with zero attached hydrogens (tertiary/aromatic N) is 1. The lowest BCUT2D eigenvalue weighted by Crippen LogP contribution is -2.15. The third kappa shape index (κ3) is 2.72. The molecule has 2 heterocycles. The third-order valence-corrected chi connectivity index (χ3v) is 4.76. The number of methoxy groups -OCH3 is 2. The van der Waals surface area contributed by atoms with E-state index in [0.29, 0.717) is 45.6 Å². The molecule has 8 heteroatoms. The van der Waals surface area contributed by atoms with E-state index in [2.05, 4.69) is 9.98 Å². The van der Waals surface area contributed by atoms with Crippen LogP contribution in [0.3, 0.4) is 0 Å². The first-order chi connectivity index (χ1) is 12.8. The molecule has 2 aliphatic rings. The van der Waals surface area contributed by atoms with Crippen molar-refractivity contribution in [3.63, 3.8) is 0 Å². The number of H-pyrrole nitrogens is 1. The molecule has 0 saturated carbocycles. The number of aliphatic imine (C=N–C) groups is 1. The average Bonchev–Trinajstić information content (AvgIpc) is 2.87.